The van der Waals surface area contributed by atoms with Gasteiger partial charge in [0, 0.05) is 29.7 Å². The average molecular weight is 407 g/mol. The normalized spacial score (nSPS) is 13.6. The fourth-order valence-corrected chi connectivity index (χ4v) is 3.83. The van der Waals surface area contributed by atoms with Crippen molar-refractivity contribution in [2.75, 3.05) is 16.8 Å². The smallest absolute Gasteiger partial charge is 0.338 e. The molecular weight excluding hydrogens is 386 g/mol. The first kappa shape index (κ1) is 19.1. The Balaban J connectivity index is 1.32. The Hall–Kier alpha value is -3.19. The lowest BCUT2D eigenvalue weighted by Crippen LogP contribution is -2.23. The molecule has 3 aromatic rings. The van der Waals surface area contributed by atoms with Crippen molar-refractivity contribution >= 4 is 39.7 Å². The monoisotopic (exact) mass is 407 g/mol. The van der Waals surface area contributed by atoms with Crippen LogP contribution >= 0.6 is 11.3 Å². The molecule has 1 aliphatic rings. The van der Waals surface area contributed by atoms with Crippen LogP contribution in [0.1, 0.15) is 34.5 Å². The number of nitrogens with one attached hydrogen (secondary N) is 1. The number of esters is 1. The fourth-order valence-electron chi connectivity index (χ4n) is 3.11. The van der Waals surface area contributed by atoms with Crippen LogP contribution in [0.5, 0.6) is 0 Å². The Kier molecular flexibility index (Phi) is 5.57. The zero-order valence-corrected chi connectivity index (χ0v) is 16.9. The molecule has 6 nitrogen and oxygen atoms in total. The maximum Gasteiger partial charge on any atom is 0.338 e. The predicted molar refractivity (Wildman–Crippen MR) is 114 cm³/mol. The van der Waals surface area contributed by atoms with Crippen molar-refractivity contribution in [3.63, 3.8) is 0 Å². The number of benzene rings is 2. The molecule has 0 radical (unpaired) electrons. The summed E-state index contributed by atoms with van der Waals surface area (Å²) >= 11 is 1.46. The van der Waals surface area contributed by atoms with Gasteiger partial charge in [-0.25, -0.2) is 9.78 Å². The molecule has 1 N–H and O–H groups in total. The van der Waals surface area contributed by atoms with E-state index in [2.05, 4.69) is 10.3 Å². The van der Waals surface area contributed by atoms with Gasteiger partial charge in [0.15, 0.2) is 5.13 Å². The van der Waals surface area contributed by atoms with Crippen LogP contribution in [0.25, 0.3) is 0 Å². The van der Waals surface area contributed by atoms with E-state index < -0.39 is 5.97 Å². The van der Waals surface area contributed by atoms with E-state index in [-0.39, 0.29) is 12.5 Å². The lowest BCUT2D eigenvalue weighted by atomic mass is 10.2. The molecule has 7 heteroatoms. The molecule has 0 spiro atoms. The van der Waals surface area contributed by atoms with Crippen molar-refractivity contribution in [2.24, 2.45) is 0 Å². The number of carbonyl (C=O) groups excluding carboxylic acids is 2. The Labute approximate surface area is 173 Å². The van der Waals surface area contributed by atoms with Gasteiger partial charge in [0.25, 0.3) is 0 Å². The van der Waals surface area contributed by atoms with Crippen LogP contribution in [0.3, 0.4) is 0 Å². The number of hydrogen-bond donors (Lipinski definition) is 1. The fraction of sp³-hybridized carbons (Fsp3) is 0.227. The van der Waals surface area contributed by atoms with E-state index in [0.29, 0.717) is 17.7 Å². The SMILES string of the molecule is Cc1ccc(Nc2nc(COC(=O)c3ccc(N4CCCC4=O)cc3)cs2)cc1. The summed E-state index contributed by atoms with van der Waals surface area (Å²) in [6, 6.07) is 15.0. The van der Waals surface area contributed by atoms with Gasteiger partial charge in [-0.1, -0.05) is 17.7 Å². The molecule has 0 bridgehead atoms. The molecule has 2 aromatic carbocycles. The summed E-state index contributed by atoms with van der Waals surface area (Å²) in [6.07, 6.45) is 1.45. The number of hydrogen-bond acceptors (Lipinski definition) is 6. The van der Waals surface area contributed by atoms with Gasteiger partial charge < -0.3 is 15.0 Å². The van der Waals surface area contributed by atoms with Gasteiger partial charge in [0.2, 0.25) is 5.91 Å². The van der Waals surface area contributed by atoms with Crippen LogP contribution < -0.4 is 10.2 Å². The van der Waals surface area contributed by atoms with Gasteiger partial charge in [-0.2, -0.15) is 0 Å². The molecule has 1 saturated heterocycles. The van der Waals surface area contributed by atoms with Crippen molar-refractivity contribution in [1.29, 1.82) is 0 Å². The zero-order chi connectivity index (χ0) is 20.2. The second-order valence-electron chi connectivity index (χ2n) is 6.91. The van der Waals surface area contributed by atoms with E-state index in [1.54, 1.807) is 29.2 Å². The number of thiazole rings is 1. The standard InChI is InChI=1S/C22H21N3O3S/c1-15-4-8-17(9-5-15)23-22-24-18(14-29-22)13-28-21(27)16-6-10-19(11-7-16)25-12-2-3-20(25)26/h4-11,14H,2-3,12-13H2,1H3,(H,23,24). The van der Waals surface area contributed by atoms with Gasteiger partial charge >= 0.3 is 5.97 Å². The molecule has 1 amide bonds. The first-order chi connectivity index (χ1) is 14.1. The van der Waals surface area contributed by atoms with E-state index >= 15 is 0 Å². The lowest BCUT2D eigenvalue weighted by Gasteiger charge is -2.15. The number of anilines is 3. The Morgan fingerprint density at radius 1 is 1.17 bits per heavy atom. The third-order valence-corrected chi connectivity index (χ3v) is 5.50. The molecule has 0 aliphatic carbocycles. The van der Waals surface area contributed by atoms with Crippen molar-refractivity contribution in [1.82, 2.24) is 4.98 Å². The third kappa shape index (κ3) is 4.63. The summed E-state index contributed by atoms with van der Waals surface area (Å²) in [5.74, 6) is -0.288. The average Bonchev–Trinajstić information content (AvgIpc) is 3.37. The van der Waals surface area contributed by atoms with Crippen molar-refractivity contribution in [2.45, 2.75) is 26.4 Å². The van der Waals surface area contributed by atoms with Crippen LogP contribution in [0, 0.1) is 6.92 Å². The summed E-state index contributed by atoms with van der Waals surface area (Å²) in [7, 11) is 0. The number of rotatable bonds is 6. The van der Waals surface area contributed by atoms with Crippen LogP contribution in [0.15, 0.2) is 53.9 Å². The quantitative estimate of drug-likeness (QED) is 0.601. The highest BCUT2D eigenvalue weighted by Crippen LogP contribution is 2.23. The van der Waals surface area contributed by atoms with E-state index in [4.69, 9.17) is 4.74 Å². The molecule has 1 aromatic heterocycles. The van der Waals surface area contributed by atoms with E-state index in [9.17, 15) is 9.59 Å². The van der Waals surface area contributed by atoms with Gasteiger partial charge in [-0.3, -0.25) is 4.79 Å². The highest BCUT2D eigenvalue weighted by molar-refractivity contribution is 7.13. The Bertz CT molecular complexity index is 1010. The van der Waals surface area contributed by atoms with E-state index in [1.807, 2.05) is 36.6 Å². The highest BCUT2D eigenvalue weighted by Gasteiger charge is 2.21. The van der Waals surface area contributed by atoms with Crippen LogP contribution in [-0.2, 0) is 16.1 Å². The minimum absolute atomic E-state index is 0.108. The number of aryl methyl sites for hydroxylation is 1. The zero-order valence-electron chi connectivity index (χ0n) is 16.1. The van der Waals surface area contributed by atoms with Crippen LogP contribution in [0.2, 0.25) is 0 Å². The van der Waals surface area contributed by atoms with Gasteiger partial charge in [0.05, 0.1) is 11.3 Å². The second-order valence-corrected chi connectivity index (χ2v) is 7.77. The molecule has 1 aliphatic heterocycles. The van der Waals surface area contributed by atoms with Gasteiger partial charge in [-0.05, 0) is 49.7 Å². The van der Waals surface area contributed by atoms with E-state index in [0.717, 1.165) is 29.5 Å². The topological polar surface area (TPSA) is 71.5 Å². The molecule has 0 unspecified atom stereocenters. The van der Waals surface area contributed by atoms with Crippen molar-refractivity contribution in [3.05, 3.63) is 70.7 Å². The third-order valence-electron chi connectivity index (χ3n) is 4.69. The molecule has 148 valence electrons. The number of aromatic nitrogens is 1. The number of nitrogens with zero attached hydrogens (tertiary/aromatic N) is 2. The van der Waals surface area contributed by atoms with E-state index in [1.165, 1.54) is 16.9 Å². The summed E-state index contributed by atoms with van der Waals surface area (Å²) < 4.78 is 5.38. The van der Waals surface area contributed by atoms with Crippen LogP contribution in [-0.4, -0.2) is 23.4 Å². The highest BCUT2D eigenvalue weighted by atomic mass is 32.1. The lowest BCUT2D eigenvalue weighted by molar-refractivity contribution is -0.117. The van der Waals surface area contributed by atoms with Crippen molar-refractivity contribution < 1.29 is 14.3 Å². The largest absolute Gasteiger partial charge is 0.456 e. The molecule has 2 heterocycles. The first-order valence-electron chi connectivity index (χ1n) is 9.44. The minimum Gasteiger partial charge on any atom is -0.456 e. The maximum absolute atomic E-state index is 12.3. The molecule has 0 atom stereocenters. The van der Waals surface area contributed by atoms with Gasteiger partial charge in [-0.15, -0.1) is 11.3 Å². The number of ether oxygens (including phenoxy) is 1. The summed E-state index contributed by atoms with van der Waals surface area (Å²) in [4.78, 5) is 30.3. The molecular formula is C22H21N3O3S. The molecule has 29 heavy (non-hydrogen) atoms. The molecule has 1 fully saturated rings. The Morgan fingerprint density at radius 3 is 2.62 bits per heavy atom. The summed E-state index contributed by atoms with van der Waals surface area (Å²) in [5, 5.41) is 5.86. The van der Waals surface area contributed by atoms with Crippen molar-refractivity contribution in [3.8, 4) is 0 Å². The molecule has 4 rings (SSSR count). The first-order valence-corrected chi connectivity index (χ1v) is 10.3. The minimum atomic E-state index is -0.412. The Morgan fingerprint density at radius 2 is 1.93 bits per heavy atom. The molecule has 0 saturated carbocycles. The second kappa shape index (κ2) is 8.45. The number of amides is 1. The van der Waals surface area contributed by atoms with Crippen LogP contribution in [0.4, 0.5) is 16.5 Å². The number of carbonyl (C=O) groups is 2. The predicted octanol–water partition coefficient (Wildman–Crippen LogP) is 4.68. The summed E-state index contributed by atoms with van der Waals surface area (Å²) in [5.41, 5.74) is 4.12. The summed E-state index contributed by atoms with van der Waals surface area (Å²) in [6.45, 7) is 2.88. The maximum atomic E-state index is 12.3. The van der Waals surface area contributed by atoms with Gasteiger partial charge in [0.1, 0.15) is 6.61 Å².